The normalized spacial score (nSPS) is 14.8. The van der Waals surface area contributed by atoms with Crippen molar-refractivity contribution in [2.75, 3.05) is 37.9 Å². The Hall–Kier alpha value is -3.68. The number of tetrazole rings is 1. The summed E-state index contributed by atoms with van der Waals surface area (Å²) in [6, 6.07) is 10.9. The molecule has 0 bridgehead atoms. The van der Waals surface area contributed by atoms with Gasteiger partial charge < -0.3 is 10.1 Å². The molecule has 0 unspecified atom stereocenters. The van der Waals surface area contributed by atoms with Crippen LogP contribution in [0.5, 0.6) is 0 Å². The molecule has 182 valence electrons. The van der Waals surface area contributed by atoms with E-state index >= 15 is 0 Å². The quantitative estimate of drug-likeness (QED) is 0.386. The van der Waals surface area contributed by atoms with Gasteiger partial charge in [-0.15, -0.1) is 10.2 Å². The largest absolute Gasteiger partial charge is 0.384 e. The molecular weight excluding hydrogens is 472 g/mol. The number of carbonyl (C=O) groups is 1. The third-order valence-corrected chi connectivity index (χ3v) is 7.71. The molecule has 0 atom stereocenters. The van der Waals surface area contributed by atoms with Crippen LogP contribution in [0.15, 0.2) is 48.8 Å². The van der Waals surface area contributed by atoms with Crippen LogP contribution >= 0.6 is 0 Å². The fraction of sp³-hybridized carbons (Fsp3) is 0.318. The van der Waals surface area contributed by atoms with Crippen molar-refractivity contribution < 1.29 is 17.9 Å². The SMILES string of the molecule is COCCS(=O)(=O)N1CC(n2nnc(-c3ccc(C)c(NC(=O)c4cnn5ccccc45)c3)n2)C1. The number of sulfonamides is 1. The Bertz CT molecular complexity index is 1490. The fourth-order valence-electron chi connectivity index (χ4n) is 3.80. The first-order valence-electron chi connectivity index (χ1n) is 11.0. The van der Waals surface area contributed by atoms with E-state index in [2.05, 4.69) is 25.8 Å². The molecule has 1 fully saturated rings. The molecule has 4 heterocycles. The summed E-state index contributed by atoms with van der Waals surface area (Å²) in [4.78, 5) is 14.4. The van der Waals surface area contributed by atoms with Gasteiger partial charge in [0.2, 0.25) is 15.8 Å². The summed E-state index contributed by atoms with van der Waals surface area (Å²) >= 11 is 0. The Kier molecular flexibility index (Phi) is 6.05. The molecule has 1 aliphatic heterocycles. The highest BCUT2D eigenvalue weighted by atomic mass is 32.2. The van der Waals surface area contributed by atoms with Crippen molar-refractivity contribution in [3.8, 4) is 11.4 Å². The van der Waals surface area contributed by atoms with Gasteiger partial charge in [-0.1, -0.05) is 18.2 Å². The summed E-state index contributed by atoms with van der Waals surface area (Å²) in [5.74, 6) is 0.0591. The number of aromatic nitrogens is 6. The molecule has 3 aromatic heterocycles. The number of pyridine rings is 1. The van der Waals surface area contributed by atoms with E-state index in [4.69, 9.17) is 4.74 Å². The molecule has 35 heavy (non-hydrogen) atoms. The standard InChI is InChI=1S/C22H24N8O4S/c1-15-6-7-16(11-19(15)24-22(31)18-12-23-29-8-4-3-5-20(18)29)21-25-27-30(26-21)17-13-28(14-17)35(32,33)10-9-34-2/h3-8,11-12,17H,9-10,13-14H2,1-2H3,(H,24,31). The highest BCUT2D eigenvalue weighted by molar-refractivity contribution is 7.89. The van der Waals surface area contributed by atoms with Crippen molar-refractivity contribution >= 4 is 27.1 Å². The lowest BCUT2D eigenvalue weighted by molar-refractivity contribution is 0.102. The Morgan fingerprint density at radius 1 is 1.23 bits per heavy atom. The van der Waals surface area contributed by atoms with Crippen molar-refractivity contribution in [1.82, 2.24) is 34.1 Å². The van der Waals surface area contributed by atoms with E-state index in [1.54, 1.807) is 16.8 Å². The number of nitrogens with zero attached hydrogens (tertiary/aromatic N) is 7. The van der Waals surface area contributed by atoms with Gasteiger partial charge in [0.1, 0.15) is 6.04 Å². The van der Waals surface area contributed by atoms with Gasteiger partial charge in [0.05, 0.1) is 29.6 Å². The number of carbonyl (C=O) groups excluding carboxylic acids is 1. The number of fused-ring (bicyclic) bond motifs is 1. The van der Waals surface area contributed by atoms with Gasteiger partial charge in [0.15, 0.2) is 0 Å². The van der Waals surface area contributed by atoms with Crippen LogP contribution in [0.25, 0.3) is 16.9 Å². The molecular formula is C22H24N8O4S. The minimum absolute atomic E-state index is 0.0562. The zero-order valence-electron chi connectivity index (χ0n) is 19.2. The summed E-state index contributed by atoms with van der Waals surface area (Å²) in [6.07, 6.45) is 3.32. The number of nitrogens with one attached hydrogen (secondary N) is 1. The van der Waals surface area contributed by atoms with Crippen LogP contribution < -0.4 is 5.32 Å². The fourth-order valence-corrected chi connectivity index (χ4v) is 5.23. The number of hydrogen-bond acceptors (Lipinski definition) is 8. The third-order valence-electron chi connectivity index (χ3n) is 5.94. The molecule has 0 radical (unpaired) electrons. The lowest BCUT2D eigenvalue weighted by Crippen LogP contribution is -2.52. The van der Waals surface area contributed by atoms with Crippen LogP contribution in [-0.4, -0.2) is 81.0 Å². The first kappa shape index (κ1) is 23.1. The average Bonchev–Trinajstić information content (AvgIpc) is 3.46. The Morgan fingerprint density at radius 3 is 2.86 bits per heavy atom. The molecule has 12 nitrogen and oxygen atoms in total. The van der Waals surface area contributed by atoms with Gasteiger partial charge in [0, 0.05) is 37.6 Å². The second kappa shape index (κ2) is 9.17. The maximum absolute atomic E-state index is 12.9. The number of amides is 1. The minimum atomic E-state index is -3.35. The molecule has 1 N–H and O–H groups in total. The average molecular weight is 497 g/mol. The maximum atomic E-state index is 12.9. The zero-order chi connectivity index (χ0) is 24.6. The van der Waals surface area contributed by atoms with Crippen LogP contribution in [0.3, 0.4) is 0 Å². The molecule has 1 amide bonds. The van der Waals surface area contributed by atoms with Crippen molar-refractivity contribution in [3.05, 3.63) is 59.9 Å². The molecule has 0 saturated carbocycles. The molecule has 5 rings (SSSR count). The lowest BCUT2D eigenvalue weighted by Gasteiger charge is -2.36. The van der Waals surface area contributed by atoms with E-state index < -0.39 is 10.0 Å². The summed E-state index contributed by atoms with van der Waals surface area (Å²) in [5.41, 5.74) is 3.36. The van der Waals surface area contributed by atoms with Gasteiger partial charge in [-0.05, 0) is 35.9 Å². The van der Waals surface area contributed by atoms with E-state index in [0.29, 0.717) is 28.2 Å². The molecule has 0 spiro atoms. The monoisotopic (exact) mass is 496 g/mol. The van der Waals surface area contributed by atoms with Crippen LogP contribution in [0.4, 0.5) is 5.69 Å². The second-order valence-electron chi connectivity index (χ2n) is 8.29. The molecule has 13 heteroatoms. The summed E-state index contributed by atoms with van der Waals surface area (Å²) in [5, 5.41) is 19.9. The van der Waals surface area contributed by atoms with Crippen molar-refractivity contribution in [2.24, 2.45) is 0 Å². The minimum Gasteiger partial charge on any atom is -0.384 e. The highest BCUT2D eigenvalue weighted by Crippen LogP contribution is 2.26. The number of benzene rings is 1. The summed E-state index contributed by atoms with van der Waals surface area (Å²) in [6.45, 7) is 2.62. The third kappa shape index (κ3) is 4.52. The number of aryl methyl sites for hydroxylation is 1. The Balaban J connectivity index is 1.30. The summed E-state index contributed by atoms with van der Waals surface area (Å²) < 4.78 is 32.4. The first-order chi connectivity index (χ1) is 16.9. The highest BCUT2D eigenvalue weighted by Gasteiger charge is 2.38. The van der Waals surface area contributed by atoms with Gasteiger partial charge in [0.25, 0.3) is 5.91 Å². The number of methoxy groups -OCH3 is 1. The molecule has 0 aliphatic carbocycles. The predicted molar refractivity (Wildman–Crippen MR) is 127 cm³/mol. The van der Waals surface area contributed by atoms with Gasteiger partial charge in [-0.3, -0.25) is 4.79 Å². The summed E-state index contributed by atoms with van der Waals surface area (Å²) in [7, 11) is -1.88. The predicted octanol–water partition coefficient (Wildman–Crippen LogP) is 1.38. The van der Waals surface area contributed by atoms with Crippen molar-refractivity contribution in [3.63, 3.8) is 0 Å². The topological polar surface area (TPSA) is 137 Å². The smallest absolute Gasteiger partial charge is 0.259 e. The molecule has 1 aliphatic rings. The van der Waals surface area contributed by atoms with Gasteiger partial charge in [-0.2, -0.15) is 14.2 Å². The van der Waals surface area contributed by atoms with Crippen LogP contribution in [0.2, 0.25) is 0 Å². The Labute approximate surface area is 201 Å². The maximum Gasteiger partial charge on any atom is 0.259 e. The van der Waals surface area contributed by atoms with Crippen LogP contribution in [0, 0.1) is 6.92 Å². The molecule has 1 saturated heterocycles. The number of rotatable bonds is 8. The first-order valence-corrected chi connectivity index (χ1v) is 12.6. The van der Waals surface area contributed by atoms with E-state index in [1.165, 1.54) is 22.4 Å². The van der Waals surface area contributed by atoms with E-state index in [-0.39, 0.29) is 37.4 Å². The van der Waals surface area contributed by atoms with Crippen molar-refractivity contribution in [1.29, 1.82) is 0 Å². The number of anilines is 1. The van der Waals surface area contributed by atoms with Gasteiger partial charge >= 0.3 is 0 Å². The molecule has 4 aromatic rings. The number of ether oxygens (including phenoxy) is 1. The van der Waals surface area contributed by atoms with E-state index in [9.17, 15) is 13.2 Å². The lowest BCUT2D eigenvalue weighted by atomic mass is 10.1. The van der Waals surface area contributed by atoms with Crippen LogP contribution in [0.1, 0.15) is 22.0 Å². The Morgan fingerprint density at radius 2 is 2.06 bits per heavy atom. The van der Waals surface area contributed by atoms with Gasteiger partial charge in [-0.25, -0.2) is 12.9 Å². The van der Waals surface area contributed by atoms with E-state index in [0.717, 1.165) is 5.56 Å². The number of hydrogen-bond donors (Lipinski definition) is 1. The van der Waals surface area contributed by atoms with Crippen LogP contribution in [-0.2, 0) is 14.8 Å². The zero-order valence-corrected chi connectivity index (χ0v) is 20.0. The molecule has 1 aromatic carbocycles. The van der Waals surface area contributed by atoms with Crippen molar-refractivity contribution in [2.45, 2.75) is 13.0 Å². The second-order valence-corrected chi connectivity index (χ2v) is 10.4. The van der Waals surface area contributed by atoms with E-state index in [1.807, 2.05) is 37.3 Å².